The molecule has 3 N–H and O–H groups in total. The molecular formula is C15H23BrClN3O2. The molecule has 0 bridgehead atoms. The van der Waals surface area contributed by atoms with Crippen molar-refractivity contribution in [3.63, 3.8) is 0 Å². The largest absolute Gasteiger partial charge is 0.330 e. The summed E-state index contributed by atoms with van der Waals surface area (Å²) in [5.41, 5.74) is 6.36. The molecule has 5 nitrogen and oxygen atoms in total. The summed E-state index contributed by atoms with van der Waals surface area (Å²) in [6.45, 7) is 0.553. The van der Waals surface area contributed by atoms with Crippen molar-refractivity contribution in [2.75, 3.05) is 11.9 Å². The van der Waals surface area contributed by atoms with Gasteiger partial charge in [0.15, 0.2) is 0 Å². The molecule has 1 fully saturated rings. The molecule has 1 saturated carbocycles. The van der Waals surface area contributed by atoms with Gasteiger partial charge in [-0.3, -0.25) is 9.59 Å². The predicted molar refractivity (Wildman–Crippen MR) is 94.5 cm³/mol. The van der Waals surface area contributed by atoms with Gasteiger partial charge in [-0.05, 0) is 46.8 Å². The zero-order valence-corrected chi connectivity index (χ0v) is 15.1. The Balaban J connectivity index is 0.00000242. The fourth-order valence-corrected chi connectivity index (χ4v) is 3.57. The van der Waals surface area contributed by atoms with Gasteiger partial charge >= 0.3 is 0 Å². The topological polar surface area (TPSA) is 77.1 Å². The van der Waals surface area contributed by atoms with Gasteiger partial charge < -0.3 is 15.6 Å². The van der Waals surface area contributed by atoms with Crippen LogP contribution in [-0.2, 0) is 11.8 Å². The average Bonchev–Trinajstić information content (AvgIpc) is 2.45. The van der Waals surface area contributed by atoms with Crippen LogP contribution in [0.4, 0.5) is 5.69 Å². The van der Waals surface area contributed by atoms with Crippen LogP contribution in [0.25, 0.3) is 0 Å². The van der Waals surface area contributed by atoms with E-state index < -0.39 is 0 Å². The van der Waals surface area contributed by atoms with E-state index >= 15 is 0 Å². The van der Waals surface area contributed by atoms with Crippen LogP contribution in [0.2, 0.25) is 0 Å². The molecule has 0 unspecified atom stereocenters. The zero-order chi connectivity index (χ0) is 15.5. The molecule has 22 heavy (non-hydrogen) atoms. The Kier molecular flexibility index (Phi) is 7.09. The molecule has 0 aliphatic heterocycles. The van der Waals surface area contributed by atoms with Crippen molar-refractivity contribution >= 4 is 39.9 Å². The van der Waals surface area contributed by atoms with E-state index in [4.69, 9.17) is 5.73 Å². The quantitative estimate of drug-likeness (QED) is 0.827. The highest BCUT2D eigenvalue weighted by atomic mass is 79.9. The number of amides is 1. The first-order valence-electron chi connectivity index (χ1n) is 7.32. The maximum atomic E-state index is 12.3. The van der Waals surface area contributed by atoms with Gasteiger partial charge in [0, 0.05) is 19.7 Å². The Bertz CT molecular complexity index is 556. The molecule has 1 aromatic heterocycles. The third-order valence-electron chi connectivity index (χ3n) is 4.31. The van der Waals surface area contributed by atoms with Gasteiger partial charge in [-0.15, -0.1) is 12.4 Å². The lowest BCUT2D eigenvalue weighted by atomic mass is 9.71. The number of pyridine rings is 1. The van der Waals surface area contributed by atoms with E-state index in [2.05, 4.69) is 21.2 Å². The minimum Gasteiger partial charge on any atom is -0.330 e. The number of carbonyl (C=O) groups excluding carboxylic acids is 1. The van der Waals surface area contributed by atoms with Gasteiger partial charge in [0.25, 0.3) is 5.56 Å². The number of rotatable bonds is 4. The van der Waals surface area contributed by atoms with Crippen LogP contribution in [0, 0.1) is 5.41 Å². The molecule has 124 valence electrons. The highest BCUT2D eigenvalue weighted by Crippen LogP contribution is 2.38. The number of nitrogens with two attached hydrogens (primary N) is 1. The first-order valence-corrected chi connectivity index (χ1v) is 8.11. The molecule has 0 atom stereocenters. The van der Waals surface area contributed by atoms with Crippen molar-refractivity contribution in [1.82, 2.24) is 4.57 Å². The molecule has 1 aromatic rings. The number of aryl methyl sites for hydroxylation is 1. The van der Waals surface area contributed by atoms with Crippen LogP contribution in [0.15, 0.2) is 21.5 Å². The van der Waals surface area contributed by atoms with Gasteiger partial charge in [0.1, 0.15) is 0 Å². The third kappa shape index (κ3) is 4.57. The number of aromatic nitrogens is 1. The normalized spacial score (nSPS) is 16.7. The molecule has 1 aliphatic carbocycles. The monoisotopic (exact) mass is 391 g/mol. The Labute approximate surface area is 145 Å². The summed E-state index contributed by atoms with van der Waals surface area (Å²) in [5.74, 6) is -0.0344. The van der Waals surface area contributed by atoms with Crippen LogP contribution in [0.5, 0.6) is 0 Å². The first-order chi connectivity index (χ1) is 9.96. The second-order valence-electron chi connectivity index (χ2n) is 5.98. The number of carbonyl (C=O) groups is 1. The van der Waals surface area contributed by atoms with E-state index in [9.17, 15) is 9.59 Å². The lowest BCUT2D eigenvalue weighted by Gasteiger charge is -2.35. The van der Waals surface area contributed by atoms with Crippen molar-refractivity contribution in [2.24, 2.45) is 18.2 Å². The molecule has 0 aromatic carbocycles. The maximum Gasteiger partial charge on any atom is 0.264 e. The number of nitrogens with zero attached hydrogens (tertiary/aromatic N) is 1. The summed E-state index contributed by atoms with van der Waals surface area (Å²) in [4.78, 5) is 23.9. The van der Waals surface area contributed by atoms with Gasteiger partial charge in [-0.25, -0.2) is 0 Å². The summed E-state index contributed by atoms with van der Waals surface area (Å²) >= 11 is 3.20. The summed E-state index contributed by atoms with van der Waals surface area (Å²) in [7, 11) is 1.66. The first kappa shape index (κ1) is 19.2. The lowest BCUT2D eigenvalue weighted by molar-refractivity contribution is -0.118. The summed E-state index contributed by atoms with van der Waals surface area (Å²) in [6.07, 6.45) is 7.65. The molecule has 1 amide bonds. The predicted octanol–water partition coefficient (Wildman–Crippen LogP) is 2.81. The van der Waals surface area contributed by atoms with E-state index in [0.29, 0.717) is 23.1 Å². The average molecular weight is 393 g/mol. The fraction of sp³-hybridized carbons (Fsp3) is 0.600. The van der Waals surface area contributed by atoms with Gasteiger partial charge in [-0.2, -0.15) is 0 Å². The molecule has 1 heterocycles. The van der Waals surface area contributed by atoms with Gasteiger partial charge in [0.05, 0.1) is 10.2 Å². The second kappa shape index (κ2) is 8.13. The number of hydrogen-bond acceptors (Lipinski definition) is 3. The summed E-state index contributed by atoms with van der Waals surface area (Å²) in [5, 5.41) is 2.87. The standard InChI is InChI=1S/C15H22BrN3O2.ClH/c1-19-9-11(7-12(16)14(19)21)18-13(20)8-15(10-17)5-3-2-4-6-15;/h7,9H,2-6,8,10,17H2,1H3,(H,18,20);1H. The van der Waals surface area contributed by atoms with Crippen molar-refractivity contribution in [3.8, 4) is 0 Å². The molecular weight excluding hydrogens is 370 g/mol. The highest BCUT2D eigenvalue weighted by molar-refractivity contribution is 9.10. The second-order valence-corrected chi connectivity index (χ2v) is 6.84. The Hall–Kier alpha value is -0.850. The zero-order valence-electron chi connectivity index (χ0n) is 12.7. The van der Waals surface area contributed by atoms with Crippen LogP contribution in [0.3, 0.4) is 0 Å². The van der Waals surface area contributed by atoms with Crippen LogP contribution >= 0.6 is 28.3 Å². The molecule has 0 radical (unpaired) electrons. The molecule has 0 saturated heterocycles. The molecule has 2 rings (SSSR count). The van der Waals surface area contributed by atoms with Crippen molar-refractivity contribution < 1.29 is 4.79 Å². The van der Waals surface area contributed by atoms with E-state index in [0.717, 1.165) is 25.7 Å². The molecule has 1 aliphatic rings. The fourth-order valence-electron chi connectivity index (χ4n) is 3.04. The van der Waals surface area contributed by atoms with E-state index in [1.165, 1.54) is 11.0 Å². The summed E-state index contributed by atoms with van der Waals surface area (Å²) < 4.78 is 1.88. The highest BCUT2D eigenvalue weighted by Gasteiger charge is 2.32. The Morgan fingerprint density at radius 2 is 2.05 bits per heavy atom. The maximum absolute atomic E-state index is 12.3. The van der Waals surface area contributed by atoms with Crippen molar-refractivity contribution in [3.05, 3.63) is 27.1 Å². The van der Waals surface area contributed by atoms with E-state index in [-0.39, 0.29) is 29.3 Å². The molecule has 7 heteroatoms. The van der Waals surface area contributed by atoms with Gasteiger partial charge in [0.2, 0.25) is 5.91 Å². The number of hydrogen-bond donors (Lipinski definition) is 2. The lowest BCUT2D eigenvalue weighted by Crippen LogP contribution is -2.36. The van der Waals surface area contributed by atoms with Crippen molar-refractivity contribution in [2.45, 2.75) is 38.5 Å². The van der Waals surface area contributed by atoms with Crippen LogP contribution in [-0.4, -0.2) is 17.0 Å². The number of halogens is 2. The Morgan fingerprint density at radius 3 is 2.59 bits per heavy atom. The SMILES string of the molecule is Cl.Cn1cc(NC(=O)CC2(CN)CCCCC2)cc(Br)c1=O. The smallest absolute Gasteiger partial charge is 0.264 e. The van der Waals surface area contributed by atoms with Crippen molar-refractivity contribution in [1.29, 1.82) is 0 Å². The van der Waals surface area contributed by atoms with E-state index in [1.807, 2.05) is 0 Å². The van der Waals surface area contributed by atoms with E-state index in [1.54, 1.807) is 19.3 Å². The van der Waals surface area contributed by atoms with Crippen LogP contribution < -0.4 is 16.6 Å². The van der Waals surface area contributed by atoms with Gasteiger partial charge in [-0.1, -0.05) is 19.3 Å². The number of nitrogens with one attached hydrogen (secondary N) is 1. The van der Waals surface area contributed by atoms with Crippen LogP contribution in [0.1, 0.15) is 38.5 Å². The number of anilines is 1. The Morgan fingerprint density at radius 1 is 1.41 bits per heavy atom. The summed E-state index contributed by atoms with van der Waals surface area (Å²) in [6, 6.07) is 1.64. The minimum atomic E-state index is -0.126. The third-order valence-corrected chi connectivity index (χ3v) is 4.87. The minimum absolute atomic E-state index is 0. The molecule has 0 spiro atoms.